The fourth-order valence-electron chi connectivity index (χ4n) is 2.57. The molecule has 0 heterocycles. The maximum Gasteiger partial charge on any atom is 0.0940 e. The SMILES string of the molecule is CCC[P+](C)(Cc1ccccc1)c1ccccc1. The van der Waals surface area contributed by atoms with Crippen LogP contribution >= 0.6 is 7.26 Å². The molecule has 0 amide bonds. The van der Waals surface area contributed by atoms with Gasteiger partial charge in [0.1, 0.15) is 0 Å². The molecule has 2 rings (SSSR count). The van der Waals surface area contributed by atoms with Crippen LogP contribution in [0.5, 0.6) is 0 Å². The van der Waals surface area contributed by atoms with E-state index in [-0.39, 0.29) is 0 Å². The molecule has 0 aliphatic heterocycles. The van der Waals surface area contributed by atoms with Crippen molar-refractivity contribution >= 4 is 12.6 Å². The Morgan fingerprint density at radius 2 is 1.39 bits per heavy atom. The lowest BCUT2D eigenvalue weighted by Crippen LogP contribution is -2.15. The van der Waals surface area contributed by atoms with Crippen LogP contribution in [-0.4, -0.2) is 12.8 Å². The number of hydrogen-bond acceptors (Lipinski definition) is 0. The lowest BCUT2D eigenvalue weighted by molar-refractivity contribution is 1.08. The van der Waals surface area contributed by atoms with Gasteiger partial charge in [0.2, 0.25) is 0 Å². The molecular formula is C17H22P+. The molecule has 0 spiro atoms. The summed E-state index contributed by atoms with van der Waals surface area (Å²) >= 11 is 0. The highest BCUT2D eigenvalue weighted by Gasteiger charge is 2.33. The van der Waals surface area contributed by atoms with Gasteiger partial charge in [0.05, 0.1) is 24.3 Å². The molecule has 1 unspecified atom stereocenters. The van der Waals surface area contributed by atoms with Gasteiger partial charge >= 0.3 is 0 Å². The van der Waals surface area contributed by atoms with Gasteiger partial charge in [-0.1, -0.05) is 55.5 Å². The minimum absolute atomic E-state index is 1.04. The van der Waals surface area contributed by atoms with Crippen LogP contribution in [0.1, 0.15) is 18.9 Å². The van der Waals surface area contributed by atoms with Crippen LogP contribution in [0, 0.1) is 0 Å². The molecule has 0 radical (unpaired) electrons. The van der Waals surface area contributed by atoms with Crippen LogP contribution in [-0.2, 0) is 6.16 Å². The van der Waals surface area contributed by atoms with E-state index in [4.69, 9.17) is 0 Å². The van der Waals surface area contributed by atoms with Crippen LogP contribution in [0.15, 0.2) is 60.7 Å². The van der Waals surface area contributed by atoms with Crippen LogP contribution in [0.25, 0.3) is 0 Å². The summed E-state index contributed by atoms with van der Waals surface area (Å²) < 4.78 is 0. The highest BCUT2D eigenvalue weighted by Crippen LogP contribution is 2.57. The fourth-order valence-corrected chi connectivity index (χ4v) is 6.06. The van der Waals surface area contributed by atoms with Gasteiger partial charge in [0.25, 0.3) is 0 Å². The second kappa shape index (κ2) is 6.16. The fraction of sp³-hybridized carbons (Fsp3) is 0.294. The van der Waals surface area contributed by atoms with Crippen molar-refractivity contribution < 1.29 is 0 Å². The smallest absolute Gasteiger partial charge is 0.0622 e. The van der Waals surface area contributed by atoms with E-state index in [1.807, 2.05) is 0 Å². The Morgan fingerprint density at radius 1 is 0.833 bits per heavy atom. The van der Waals surface area contributed by atoms with Crippen molar-refractivity contribution in [1.82, 2.24) is 0 Å². The van der Waals surface area contributed by atoms with Gasteiger partial charge in [0.15, 0.2) is 0 Å². The molecule has 2 aromatic carbocycles. The summed E-state index contributed by atoms with van der Waals surface area (Å²) in [4.78, 5) is 0. The summed E-state index contributed by atoms with van der Waals surface area (Å²) in [7, 11) is -1.04. The minimum atomic E-state index is -1.04. The third-order valence-corrected chi connectivity index (χ3v) is 7.51. The molecular weight excluding hydrogens is 235 g/mol. The third kappa shape index (κ3) is 3.21. The molecule has 1 heteroatoms. The van der Waals surface area contributed by atoms with Crippen molar-refractivity contribution in [2.75, 3.05) is 12.8 Å². The van der Waals surface area contributed by atoms with Crippen molar-refractivity contribution in [3.8, 4) is 0 Å². The van der Waals surface area contributed by atoms with E-state index >= 15 is 0 Å². The first-order valence-corrected chi connectivity index (χ1v) is 9.29. The van der Waals surface area contributed by atoms with Gasteiger partial charge < -0.3 is 0 Å². The zero-order valence-corrected chi connectivity index (χ0v) is 12.2. The predicted octanol–water partition coefficient (Wildman–Crippen LogP) is 4.57. The highest BCUT2D eigenvalue weighted by molar-refractivity contribution is 7.81. The van der Waals surface area contributed by atoms with Gasteiger partial charge in [-0.25, -0.2) is 0 Å². The highest BCUT2D eigenvalue weighted by atomic mass is 31.2. The van der Waals surface area contributed by atoms with Crippen LogP contribution in [0.3, 0.4) is 0 Å². The third-order valence-electron chi connectivity index (χ3n) is 3.47. The molecule has 0 aromatic heterocycles. The van der Waals surface area contributed by atoms with E-state index in [9.17, 15) is 0 Å². The Balaban J connectivity index is 2.27. The van der Waals surface area contributed by atoms with Crippen molar-refractivity contribution in [2.45, 2.75) is 19.5 Å². The summed E-state index contributed by atoms with van der Waals surface area (Å²) in [5.74, 6) is 0. The van der Waals surface area contributed by atoms with Gasteiger partial charge in [0, 0.05) is 7.26 Å². The number of benzene rings is 2. The molecule has 1 atom stereocenters. The van der Waals surface area contributed by atoms with Gasteiger partial charge in [-0.3, -0.25) is 0 Å². The molecule has 0 aliphatic carbocycles. The van der Waals surface area contributed by atoms with E-state index in [0.29, 0.717) is 0 Å². The monoisotopic (exact) mass is 257 g/mol. The Kier molecular flexibility index (Phi) is 4.55. The Bertz CT molecular complexity index is 463. The maximum atomic E-state index is 2.50. The van der Waals surface area contributed by atoms with E-state index < -0.39 is 7.26 Å². The van der Waals surface area contributed by atoms with Gasteiger partial charge in [-0.15, -0.1) is 0 Å². The molecule has 0 nitrogen and oxygen atoms in total. The van der Waals surface area contributed by atoms with Crippen molar-refractivity contribution in [2.24, 2.45) is 0 Å². The first-order chi connectivity index (χ1) is 8.74. The largest absolute Gasteiger partial charge is 0.0940 e. The summed E-state index contributed by atoms with van der Waals surface area (Å²) in [5, 5.41) is 1.57. The van der Waals surface area contributed by atoms with E-state index in [0.717, 1.165) is 0 Å². The molecule has 0 N–H and O–H groups in total. The van der Waals surface area contributed by atoms with Crippen LogP contribution in [0.2, 0.25) is 0 Å². The Labute approximate surface area is 111 Å². The first-order valence-electron chi connectivity index (χ1n) is 6.69. The van der Waals surface area contributed by atoms with Crippen LogP contribution in [0.4, 0.5) is 0 Å². The quantitative estimate of drug-likeness (QED) is 0.688. The molecule has 18 heavy (non-hydrogen) atoms. The Morgan fingerprint density at radius 3 is 1.94 bits per heavy atom. The summed E-state index contributed by atoms with van der Waals surface area (Å²) in [6, 6.07) is 22.0. The van der Waals surface area contributed by atoms with E-state index in [1.165, 1.54) is 24.3 Å². The summed E-state index contributed by atoms with van der Waals surface area (Å²) in [6.45, 7) is 4.80. The van der Waals surface area contributed by atoms with E-state index in [1.54, 1.807) is 5.30 Å². The molecule has 0 aliphatic rings. The number of hydrogen-bond donors (Lipinski definition) is 0. The average Bonchev–Trinajstić information content (AvgIpc) is 2.41. The van der Waals surface area contributed by atoms with Gasteiger partial charge in [-0.2, -0.15) is 0 Å². The Hall–Kier alpha value is -1.13. The lowest BCUT2D eigenvalue weighted by Gasteiger charge is -2.22. The molecule has 0 bridgehead atoms. The van der Waals surface area contributed by atoms with Crippen molar-refractivity contribution in [3.63, 3.8) is 0 Å². The average molecular weight is 257 g/mol. The second-order valence-corrected chi connectivity index (χ2v) is 9.17. The normalized spacial score (nSPS) is 14.1. The predicted molar refractivity (Wildman–Crippen MR) is 84.2 cm³/mol. The topological polar surface area (TPSA) is 0 Å². The van der Waals surface area contributed by atoms with E-state index in [2.05, 4.69) is 74.3 Å². The van der Waals surface area contributed by atoms with Crippen molar-refractivity contribution in [3.05, 3.63) is 66.2 Å². The molecule has 0 saturated carbocycles. The second-order valence-electron chi connectivity index (χ2n) is 5.10. The first kappa shape index (κ1) is 13.3. The summed E-state index contributed by atoms with van der Waals surface area (Å²) in [5.41, 5.74) is 1.48. The van der Waals surface area contributed by atoms with Crippen molar-refractivity contribution in [1.29, 1.82) is 0 Å². The van der Waals surface area contributed by atoms with Gasteiger partial charge in [-0.05, 0) is 24.1 Å². The summed E-state index contributed by atoms with van der Waals surface area (Å²) in [6.07, 6.45) is 3.84. The molecule has 0 fully saturated rings. The zero-order chi connectivity index (χ0) is 12.8. The lowest BCUT2D eigenvalue weighted by atomic mass is 10.2. The minimum Gasteiger partial charge on any atom is -0.0622 e. The number of rotatable bonds is 5. The standard InChI is InChI=1S/C17H22P/c1-3-14-18(2,17-12-8-5-9-13-17)15-16-10-6-4-7-11-16/h4-13H,3,14-15H2,1-2H3/q+1. The maximum absolute atomic E-state index is 2.50. The van der Waals surface area contributed by atoms with Crippen LogP contribution < -0.4 is 5.30 Å². The molecule has 2 aromatic rings. The molecule has 94 valence electrons. The zero-order valence-electron chi connectivity index (χ0n) is 11.3. The molecule has 0 saturated heterocycles.